The second-order valence-corrected chi connectivity index (χ2v) is 6.86. The van der Waals surface area contributed by atoms with Crippen LogP contribution in [0.5, 0.6) is 11.5 Å². The molecule has 120 valence electrons. The van der Waals surface area contributed by atoms with Crippen molar-refractivity contribution in [3.05, 3.63) is 23.8 Å². The number of hydrogen-bond donors (Lipinski definition) is 1. The standard InChI is InChI=1S/C18H26N2O2/c1-2-6-18(7-3-1)14-19-8-9-20(18)13-15-4-5-16-17(12-15)22-11-10-21-16/h4-5,12,19H,1-3,6-11,13-14H2. The van der Waals surface area contributed by atoms with E-state index in [0.29, 0.717) is 18.8 Å². The molecule has 0 aromatic heterocycles. The fourth-order valence-electron chi connectivity index (χ4n) is 4.24. The molecule has 1 saturated carbocycles. The number of hydrogen-bond acceptors (Lipinski definition) is 4. The highest BCUT2D eigenvalue weighted by Crippen LogP contribution is 2.37. The summed E-state index contributed by atoms with van der Waals surface area (Å²) in [5.41, 5.74) is 1.72. The number of nitrogens with zero attached hydrogens (tertiary/aromatic N) is 1. The SMILES string of the molecule is c1cc2c(cc1CN1CCNCC13CCCCC3)OCCO2. The molecule has 0 atom stereocenters. The minimum atomic E-state index is 0.379. The van der Waals surface area contributed by atoms with Gasteiger partial charge in [-0.1, -0.05) is 25.3 Å². The van der Waals surface area contributed by atoms with Gasteiger partial charge in [0.15, 0.2) is 11.5 Å². The number of fused-ring (bicyclic) bond motifs is 1. The zero-order chi connectivity index (χ0) is 14.8. The van der Waals surface area contributed by atoms with Crippen molar-refractivity contribution in [3.63, 3.8) is 0 Å². The van der Waals surface area contributed by atoms with Gasteiger partial charge in [-0.15, -0.1) is 0 Å². The molecule has 4 nitrogen and oxygen atoms in total. The largest absolute Gasteiger partial charge is 0.486 e. The van der Waals surface area contributed by atoms with Crippen LogP contribution in [0.1, 0.15) is 37.7 Å². The normalized spacial score (nSPS) is 24.4. The molecule has 4 heteroatoms. The Labute approximate surface area is 132 Å². The monoisotopic (exact) mass is 302 g/mol. The van der Waals surface area contributed by atoms with E-state index < -0.39 is 0 Å². The lowest BCUT2D eigenvalue weighted by Crippen LogP contribution is -2.61. The number of piperazine rings is 1. The number of benzene rings is 1. The van der Waals surface area contributed by atoms with Crippen LogP contribution in [0.3, 0.4) is 0 Å². The van der Waals surface area contributed by atoms with Gasteiger partial charge in [0.25, 0.3) is 0 Å². The van der Waals surface area contributed by atoms with Crippen molar-refractivity contribution in [3.8, 4) is 11.5 Å². The van der Waals surface area contributed by atoms with Crippen molar-refractivity contribution in [1.82, 2.24) is 10.2 Å². The van der Waals surface area contributed by atoms with Gasteiger partial charge in [-0.2, -0.15) is 0 Å². The minimum absolute atomic E-state index is 0.379. The van der Waals surface area contributed by atoms with Gasteiger partial charge in [-0.25, -0.2) is 0 Å². The van der Waals surface area contributed by atoms with Gasteiger partial charge >= 0.3 is 0 Å². The Morgan fingerprint density at radius 3 is 2.73 bits per heavy atom. The Hall–Kier alpha value is -1.26. The van der Waals surface area contributed by atoms with Crippen LogP contribution in [0.15, 0.2) is 18.2 Å². The third kappa shape index (κ3) is 2.70. The van der Waals surface area contributed by atoms with Crippen LogP contribution >= 0.6 is 0 Å². The van der Waals surface area contributed by atoms with E-state index in [1.165, 1.54) is 37.7 Å². The summed E-state index contributed by atoms with van der Waals surface area (Å²) in [5.74, 6) is 1.80. The maximum atomic E-state index is 5.73. The number of ether oxygens (including phenoxy) is 2. The van der Waals surface area contributed by atoms with Crippen LogP contribution < -0.4 is 14.8 Å². The van der Waals surface area contributed by atoms with Crippen molar-refractivity contribution in [1.29, 1.82) is 0 Å². The lowest BCUT2D eigenvalue weighted by Gasteiger charge is -2.50. The Kier molecular flexibility index (Phi) is 3.97. The van der Waals surface area contributed by atoms with Crippen LogP contribution in [-0.2, 0) is 6.54 Å². The molecule has 0 unspecified atom stereocenters. The molecule has 2 aliphatic heterocycles. The second-order valence-electron chi connectivity index (χ2n) is 6.86. The van der Waals surface area contributed by atoms with Gasteiger partial charge in [-0.3, -0.25) is 4.90 Å². The van der Waals surface area contributed by atoms with E-state index in [-0.39, 0.29) is 0 Å². The highest BCUT2D eigenvalue weighted by atomic mass is 16.6. The zero-order valence-electron chi connectivity index (χ0n) is 13.3. The van der Waals surface area contributed by atoms with Crippen LogP contribution in [0.25, 0.3) is 0 Å². The first-order valence-corrected chi connectivity index (χ1v) is 8.70. The van der Waals surface area contributed by atoms with E-state index in [4.69, 9.17) is 9.47 Å². The molecule has 4 rings (SSSR count). The van der Waals surface area contributed by atoms with Crippen LogP contribution in [0.4, 0.5) is 0 Å². The summed E-state index contributed by atoms with van der Waals surface area (Å²) in [6, 6.07) is 6.44. The predicted octanol–water partition coefficient (Wildman–Crippen LogP) is 2.57. The first-order valence-electron chi connectivity index (χ1n) is 8.70. The third-order valence-electron chi connectivity index (χ3n) is 5.45. The van der Waals surface area contributed by atoms with Crippen molar-refractivity contribution in [2.75, 3.05) is 32.8 Å². The van der Waals surface area contributed by atoms with E-state index in [0.717, 1.165) is 37.7 Å². The lowest BCUT2D eigenvalue weighted by atomic mass is 9.79. The van der Waals surface area contributed by atoms with Crippen molar-refractivity contribution >= 4 is 0 Å². The Morgan fingerprint density at radius 2 is 1.86 bits per heavy atom. The van der Waals surface area contributed by atoms with E-state index in [9.17, 15) is 0 Å². The highest BCUT2D eigenvalue weighted by molar-refractivity contribution is 5.43. The molecule has 0 amide bonds. The summed E-state index contributed by atoms with van der Waals surface area (Å²) in [5, 5.41) is 3.62. The summed E-state index contributed by atoms with van der Waals surface area (Å²) in [6.45, 7) is 5.75. The zero-order valence-corrected chi connectivity index (χ0v) is 13.3. The van der Waals surface area contributed by atoms with Crippen molar-refractivity contribution < 1.29 is 9.47 Å². The summed E-state index contributed by atoms with van der Waals surface area (Å²) >= 11 is 0. The summed E-state index contributed by atoms with van der Waals surface area (Å²) in [7, 11) is 0. The lowest BCUT2D eigenvalue weighted by molar-refractivity contribution is 0.0208. The van der Waals surface area contributed by atoms with Gasteiger partial charge in [-0.05, 0) is 30.5 Å². The van der Waals surface area contributed by atoms with Gasteiger partial charge in [0.05, 0.1) is 0 Å². The average molecular weight is 302 g/mol. The molecule has 22 heavy (non-hydrogen) atoms. The molecule has 1 N–H and O–H groups in total. The fraction of sp³-hybridized carbons (Fsp3) is 0.667. The summed E-state index contributed by atoms with van der Waals surface area (Å²) < 4.78 is 11.4. The fourth-order valence-corrected chi connectivity index (χ4v) is 4.24. The Morgan fingerprint density at radius 1 is 1.05 bits per heavy atom. The van der Waals surface area contributed by atoms with E-state index >= 15 is 0 Å². The maximum absolute atomic E-state index is 5.73. The van der Waals surface area contributed by atoms with Gasteiger partial charge in [0.1, 0.15) is 13.2 Å². The molecule has 2 fully saturated rings. The predicted molar refractivity (Wildman–Crippen MR) is 86.5 cm³/mol. The van der Waals surface area contributed by atoms with E-state index in [2.05, 4.69) is 28.4 Å². The van der Waals surface area contributed by atoms with E-state index in [1.54, 1.807) is 0 Å². The topological polar surface area (TPSA) is 33.7 Å². The first-order chi connectivity index (χ1) is 10.9. The molecule has 2 heterocycles. The molecule has 1 aliphatic carbocycles. The second kappa shape index (κ2) is 6.09. The van der Waals surface area contributed by atoms with Gasteiger partial charge in [0.2, 0.25) is 0 Å². The highest BCUT2D eigenvalue weighted by Gasteiger charge is 2.39. The van der Waals surface area contributed by atoms with Gasteiger partial charge < -0.3 is 14.8 Å². The maximum Gasteiger partial charge on any atom is 0.161 e. The first kappa shape index (κ1) is 14.3. The van der Waals surface area contributed by atoms with Crippen LogP contribution in [0.2, 0.25) is 0 Å². The molecule has 0 bridgehead atoms. The molecule has 3 aliphatic rings. The molecule has 0 radical (unpaired) electrons. The van der Waals surface area contributed by atoms with Crippen molar-refractivity contribution in [2.24, 2.45) is 0 Å². The number of nitrogens with one attached hydrogen (secondary N) is 1. The smallest absolute Gasteiger partial charge is 0.161 e. The molecular formula is C18H26N2O2. The molecule has 1 aromatic carbocycles. The minimum Gasteiger partial charge on any atom is -0.486 e. The molecule has 1 aromatic rings. The molecule has 1 saturated heterocycles. The van der Waals surface area contributed by atoms with Crippen molar-refractivity contribution in [2.45, 2.75) is 44.2 Å². The van der Waals surface area contributed by atoms with Gasteiger partial charge in [0, 0.05) is 31.7 Å². The summed E-state index contributed by atoms with van der Waals surface area (Å²) in [4.78, 5) is 2.72. The molecular weight excluding hydrogens is 276 g/mol. The number of rotatable bonds is 2. The Bertz CT molecular complexity index is 518. The average Bonchev–Trinajstić information content (AvgIpc) is 2.58. The van der Waals surface area contributed by atoms with E-state index in [1.807, 2.05) is 0 Å². The molecule has 1 spiro atoms. The summed E-state index contributed by atoms with van der Waals surface area (Å²) in [6.07, 6.45) is 6.83. The van der Waals surface area contributed by atoms with Crippen LogP contribution in [0, 0.1) is 0 Å². The Balaban J connectivity index is 1.53. The third-order valence-corrected chi connectivity index (χ3v) is 5.45. The quantitative estimate of drug-likeness (QED) is 0.910. The van der Waals surface area contributed by atoms with Crippen LogP contribution in [-0.4, -0.2) is 43.3 Å².